The molecule has 5 N–H and O–H groups in total. The molecule has 2 aliphatic heterocycles. The Labute approximate surface area is 276 Å². The first kappa shape index (κ1) is 31.8. The second-order valence-corrected chi connectivity index (χ2v) is 11.5. The first-order valence-corrected chi connectivity index (χ1v) is 15.6. The molecule has 0 radical (unpaired) electrons. The summed E-state index contributed by atoms with van der Waals surface area (Å²) in [4.78, 5) is 42.1. The maximum absolute atomic E-state index is 14.5. The van der Waals surface area contributed by atoms with Gasteiger partial charge in [0, 0.05) is 62.3 Å². The summed E-state index contributed by atoms with van der Waals surface area (Å²) >= 11 is 0. The average Bonchev–Trinajstić information content (AvgIpc) is 3.61. The van der Waals surface area contributed by atoms with Crippen molar-refractivity contribution < 1.29 is 9.59 Å². The van der Waals surface area contributed by atoms with Crippen LogP contribution in [0, 0.1) is 11.8 Å². The van der Waals surface area contributed by atoms with Crippen molar-refractivity contribution in [2.24, 2.45) is 12.8 Å². The Bertz CT molecular complexity index is 2160. The van der Waals surface area contributed by atoms with Gasteiger partial charge in [0.2, 0.25) is 12.3 Å². The van der Waals surface area contributed by atoms with E-state index in [0.29, 0.717) is 59.9 Å². The molecule has 244 valence electrons. The monoisotopic (exact) mass is 644 g/mol. The third-order valence-corrected chi connectivity index (χ3v) is 8.61. The zero-order valence-corrected chi connectivity index (χ0v) is 26.9. The van der Waals surface area contributed by atoms with Gasteiger partial charge in [-0.05, 0) is 30.3 Å². The lowest BCUT2D eigenvalue weighted by Gasteiger charge is -2.39. The van der Waals surface area contributed by atoms with Crippen molar-refractivity contribution in [3.8, 4) is 17.5 Å². The highest BCUT2D eigenvalue weighted by Gasteiger charge is 2.34. The van der Waals surface area contributed by atoms with Crippen molar-refractivity contribution in [1.29, 1.82) is 0 Å². The number of anilines is 2. The second kappa shape index (κ2) is 13.3. The van der Waals surface area contributed by atoms with Crippen molar-refractivity contribution in [3.05, 3.63) is 99.4 Å². The Kier molecular flexibility index (Phi) is 8.81. The largest absolute Gasteiger partial charge is 0.382 e. The molecule has 1 unspecified atom stereocenters. The van der Waals surface area contributed by atoms with E-state index in [9.17, 15) is 9.59 Å². The van der Waals surface area contributed by atoms with E-state index in [1.807, 2.05) is 91.3 Å². The SMILES string of the molecule is CCC(=O)N1CC(c2c(C#Cc3cccc4nc(C(C)c5c(N)nn6c5NCC=C6)n(-c5ccccc5)c(=O)c34)cnn2C)C1.NC=O. The van der Waals surface area contributed by atoms with Gasteiger partial charge in [0.05, 0.1) is 34.0 Å². The molecule has 2 aromatic carbocycles. The van der Waals surface area contributed by atoms with E-state index in [-0.39, 0.29) is 29.7 Å². The molecule has 0 saturated carbocycles. The number of hydrogen-bond acceptors (Lipinski definition) is 8. The van der Waals surface area contributed by atoms with E-state index in [0.717, 1.165) is 22.6 Å². The van der Waals surface area contributed by atoms with Gasteiger partial charge in [-0.1, -0.05) is 50.0 Å². The first-order chi connectivity index (χ1) is 23.3. The van der Waals surface area contributed by atoms with Gasteiger partial charge in [0.1, 0.15) is 11.6 Å². The highest BCUT2D eigenvalue weighted by molar-refractivity contribution is 5.85. The van der Waals surface area contributed by atoms with Crippen molar-refractivity contribution >= 4 is 41.1 Å². The third kappa shape index (κ3) is 5.68. The fourth-order valence-corrected chi connectivity index (χ4v) is 6.32. The van der Waals surface area contributed by atoms with E-state index in [1.165, 1.54) is 0 Å². The maximum atomic E-state index is 14.5. The second-order valence-electron chi connectivity index (χ2n) is 11.5. The van der Waals surface area contributed by atoms with E-state index >= 15 is 0 Å². The summed E-state index contributed by atoms with van der Waals surface area (Å²) in [7, 11) is 1.89. The predicted molar refractivity (Wildman–Crippen MR) is 184 cm³/mol. The molecule has 0 aliphatic carbocycles. The van der Waals surface area contributed by atoms with Crippen LogP contribution in [-0.4, -0.2) is 66.0 Å². The van der Waals surface area contributed by atoms with Crippen molar-refractivity contribution in [3.63, 3.8) is 0 Å². The third-order valence-electron chi connectivity index (χ3n) is 8.61. The number of nitrogens with two attached hydrogens (primary N) is 2. The van der Waals surface area contributed by atoms with Gasteiger partial charge in [-0.25, -0.2) is 9.67 Å². The zero-order valence-electron chi connectivity index (χ0n) is 26.9. The number of fused-ring (bicyclic) bond motifs is 2. The van der Waals surface area contributed by atoms with Crippen LogP contribution >= 0.6 is 0 Å². The van der Waals surface area contributed by atoms with E-state index in [1.54, 1.807) is 15.4 Å². The molecular weight excluding hydrogens is 608 g/mol. The zero-order chi connectivity index (χ0) is 33.9. The molecule has 0 spiro atoms. The molecule has 13 nitrogen and oxygen atoms in total. The van der Waals surface area contributed by atoms with Crippen LogP contribution in [0.3, 0.4) is 0 Å². The molecular formula is C35H36N10O3. The Morgan fingerprint density at radius 2 is 1.85 bits per heavy atom. The number of nitrogen functional groups attached to an aromatic ring is 1. The van der Waals surface area contributed by atoms with E-state index in [2.05, 4.69) is 33.1 Å². The molecule has 5 heterocycles. The number of benzene rings is 2. The number of likely N-dealkylation sites (tertiary alicyclic amines) is 1. The quantitative estimate of drug-likeness (QED) is 0.194. The van der Waals surface area contributed by atoms with Gasteiger partial charge in [-0.2, -0.15) is 5.10 Å². The lowest BCUT2D eigenvalue weighted by molar-refractivity contribution is -0.135. The molecule has 1 fully saturated rings. The van der Waals surface area contributed by atoms with E-state index < -0.39 is 0 Å². The Morgan fingerprint density at radius 3 is 2.58 bits per heavy atom. The van der Waals surface area contributed by atoms with Crippen molar-refractivity contribution in [1.82, 2.24) is 34.0 Å². The minimum Gasteiger partial charge on any atom is -0.382 e. The van der Waals surface area contributed by atoms with Gasteiger partial charge in [0.15, 0.2) is 5.82 Å². The van der Waals surface area contributed by atoms with Crippen molar-refractivity contribution in [2.45, 2.75) is 32.1 Å². The van der Waals surface area contributed by atoms with Crippen LogP contribution in [0.25, 0.3) is 22.8 Å². The summed E-state index contributed by atoms with van der Waals surface area (Å²) in [5.74, 6) is 8.22. The lowest BCUT2D eigenvalue weighted by atomic mass is 9.93. The van der Waals surface area contributed by atoms with E-state index in [4.69, 9.17) is 15.5 Å². The molecule has 1 saturated heterocycles. The number of rotatable bonds is 5. The number of carbonyl (C=O) groups excluding carboxylic acids is 2. The molecule has 13 heteroatoms. The highest BCUT2D eigenvalue weighted by atomic mass is 16.2. The molecule has 2 amide bonds. The van der Waals surface area contributed by atoms with Gasteiger partial charge < -0.3 is 21.7 Å². The Hall–Kier alpha value is -6.16. The molecule has 7 rings (SSSR count). The van der Waals surface area contributed by atoms with Crippen LogP contribution in [0.2, 0.25) is 0 Å². The van der Waals surface area contributed by atoms with Crippen molar-refractivity contribution in [2.75, 3.05) is 30.7 Å². The standard InChI is InChI=1S/C34H33N9O2.CH3NO/c1-4-27(44)41-19-24(20-41)30-23(18-37-40(30)3)15-14-22-10-8-13-26-29(22)34(45)43(25-11-6-5-7-12-25)32(38-26)21(2)28-31(35)39-42-17-9-16-36-33(28)42;2-1-3/h5-13,17-18,21,24,36H,4,16,19-20H2,1-3H3,(H2,35,39);1H,(H2,2,3). The molecule has 48 heavy (non-hydrogen) atoms. The van der Waals surface area contributed by atoms with Crippen LogP contribution in [0.4, 0.5) is 11.6 Å². The minimum absolute atomic E-state index is 0.150. The van der Waals surface area contributed by atoms with Crippen LogP contribution < -0.4 is 22.3 Å². The number of nitrogens with one attached hydrogen (secondary N) is 1. The number of para-hydroxylation sites is 1. The Balaban J connectivity index is 0.00000129. The van der Waals surface area contributed by atoms with Gasteiger partial charge in [-0.15, -0.1) is 5.10 Å². The summed E-state index contributed by atoms with van der Waals surface area (Å²) in [6, 6.07) is 15.1. The number of nitrogens with zero attached hydrogens (tertiary/aromatic N) is 7. The normalized spacial score (nSPS) is 14.1. The topological polar surface area (TPSA) is 172 Å². The summed E-state index contributed by atoms with van der Waals surface area (Å²) in [5, 5.41) is 12.7. The average molecular weight is 645 g/mol. The fourth-order valence-electron chi connectivity index (χ4n) is 6.32. The van der Waals surface area contributed by atoms with Crippen LogP contribution in [-0.2, 0) is 16.6 Å². The van der Waals surface area contributed by atoms with Crippen LogP contribution in [0.15, 0.2) is 65.6 Å². The summed E-state index contributed by atoms with van der Waals surface area (Å²) in [6.45, 7) is 5.82. The molecule has 0 bridgehead atoms. The number of amides is 2. The van der Waals surface area contributed by atoms with Crippen LogP contribution in [0.5, 0.6) is 0 Å². The number of aromatic nitrogens is 6. The number of primary amides is 1. The maximum Gasteiger partial charge on any atom is 0.267 e. The molecule has 2 aliphatic rings. The highest BCUT2D eigenvalue weighted by Crippen LogP contribution is 2.36. The van der Waals surface area contributed by atoms with Gasteiger partial charge >= 0.3 is 0 Å². The molecule has 3 aromatic heterocycles. The first-order valence-electron chi connectivity index (χ1n) is 15.6. The smallest absolute Gasteiger partial charge is 0.267 e. The summed E-state index contributed by atoms with van der Waals surface area (Å²) in [6.07, 6.45) is 6.33. The molecule has 5 aromatic rings. The number of hydrogen-bond donors (Lipinski definition) is 3. The van der Waals surface area contributed by atoms with Gasteiger partial charge in [0.25, 0.3) is 5.56 Å². The van der Waals surface area contributed by atoms with Crippen LogP contribution in [0.1, 0.15) is 60.3 Å². The molecule has 1 atom stereocenters. The number of carbonyl (C=O) groups is 2. The number of aryl methyl sites for hydroxylation is 1. The summed E-state index contributed by atoms with van der Waals surface area (Å²) in [5.41, 5.74) is 14.8. The Morgan fingerprint density at radius 1 is 1.12 bits per heavy atom. The fraction of sp³-hybridized carbons (Fsp3) is 0.257. The van der Waals surface area contributed by atoms with Gasteiger partial charge in [-0.3, -0.25) is 23.6 Å². The summed E-state index contributed by atoms with van der Waals surface area (Å²) < 4.78 is 5.21. The predicted octanol–water partition coefficient (Wildman–Crippen LogP) is 2.78. The lowest BCUT2D eigenvalue weighted by Crippen LogP contribution is -2.49. The minimum atomic E-state index is -0.362.